The number of carbonyl (C=O) groups excluding carboxylic acids is 3. The average molecular weight is 414 g/mol. The molecule has 6 nitrogen and oxygen atoms in total. The molecule has 1 aromatic carbocycles. The smallest absolute Gasteiger partial charge is 0.253 e. The van der Waals surface area contributed by atoms with E-state index >= 15 is 0 Å². The van der Waals surface area contributed by atoms with Gasteiger partial charge in [0.25, 0.3) is 5.91 Å². The Bertz CT molecular complexity index is 844. The predicted molar refractivity (Wildman–Crippen MR) is 119 cm³/mol. The van der Waals surface area contributed by atoms with Gasteiger partial charge in [0, 0.05) is 50.9 Å². The van der Waals surface area contributed by atoms with Crippen LogP contribution in [0.4, 0.5) is 5.69 Å². The lowest BCUT2D eigenvalue weighted by Gasteiger charge is -2.39. The van der Waals surface area contributed by atoms with Crippen LogP contribution in [0.3, 0.4) is 0 Å². The van der Waals surface area contributed by atoms with Crippen LogP contribution in [-0.2, 0) is 15.0 Å². The largest absolute Gasteiger partial charge is 0.343 e. The number of amides is 3. The molecule has 0 aliphatic carbocycles. The lowest BCUT2D eigenvalue weighted by Crippen LogP contribution is -2.50. The van der Waals surface area contributed by atoms with E-state index in [0.717, 1.165) is 11.3 Å². The van der Waals surface area contributed by atoms with Gasteiger partial charge in [-0.15, -0.1) is 0 Å². The van der Waals surface area contributed by atoms with E-state index in [-0.39, 0.29) is 23.1 Å². The van der Waals surface area contributed by atoms with E-state index < -0.39 is 5.41 Å². The van der Waals surface area contributed by atoms with Crippen molar-refractivity contribution in [3.63, 3.8) is 0 Å². The van der Waals surface area contributed by atoms with Crippen molar-refractivity contribution < 1.29 is 14.4 Å². The highest BCUT2D eigenvalue weighted by atomic mass is 16.2. The van der Waals surface area contributed by atoms with Gasteiger partial charge in [0.2, 0.25) is 11.8 Å². The molecule has 0 radical (unpaired) electrons. The summed E-state index contributed by atoms with van der Waals surface area (Å²) in [5.41, 5.74) is 1.76. The van der Waals surface area contributed by atoms with Crippen molar-refractivity contribution in [2.24, 2.45) is 5.41 Å². The number of anilines is 1. The van der Waals surface area contributed by atoms with Crippen molar-refractivity contribution in [1.82, 2.24) is 9.80 Å². The summed E-state index contributed by atoms with van der Waals surface area (Å²) in [5.74, 6) is 0.229. The predicted octanol–water partition coefficient (Wildman–Crippen LogP) is 3.44. The highest BCUT2D eigenvalue weighted by Crippen LogP contribution is 2.48. The second kappa shape index (κ2) is 8.05. The molecule has 0 bridgehead atoms. The molecule has 30 heavy (non-hydrogen) atoms. The molecule has 3 rings (SSSR count). The SMILES string of the molecule is CCN(CC)C(=O)c1ccc2c(c1)C1(CCN(C(=O)CC(C)(C)C)CC1)C(=O)N2C. The van der Waals surface area contributed by atoms with Crippen molar-refractivity contribution in [2.45, 2.75) is 59.3 Å². The molecule has 164 valence electrons. The number of hydrogen-bond acceptors (Lipinski definition) is 3. The second-order valence-corrected chi connectivity index (χ2v) is 9.77. The summed E-state index contributed by atoms with van der Waals surface area (Å²) < 4.78 is 0. The summed E-state index contributed by atoms with van der Waals surface area (Å²) in [6.07, 6.45) is 1.71. The first-order chi connectivity index (χ1) is 14.0. The van der Waals surface area contributed by atoms with Gasteiger partial charge in [0.05, 0.1) is 5.41 Å². The van der Waals surface area contributed by atoms with Gasteiger partial charge >= 0.3 is 0 Å². The molecule has 0 atom stereocenters. The summed E-state index contributed by atoms with van der Waals surface area (Å²) in [7, 11) is 1.80. The van der Waals surface area contributed by atoms with Crippen LogP contribution in [0.25, 0.3) is 0 Å². The number of likely N-dealkylation sites (N-methyl/N-ethyl adjacent to an activating group) is 1. The number of likely N-dealkylation sites (tertiary alicyclic amines) is 1. The molecule has 0 N–H and O–H groups in total. The monoisotopic (exact) mass is 413 g/mol. The Morgan fingerprint density at radius 3 is 2.23 bits per heavy atom. The topological polar surface area (TPSA) is 60.9 Å². The maximum Gasteiger partial charge on any atom is 0.253 e. The normalized spacial score (nSPS) is 18.0. The molecule has 0 aromatic heterocycles. The number of fused-ring (bicyclic) bond motifs is 2. The third-order valence-electron chi connectivity index (χ3n) is 6.54. The Hall–Kier alpha value is -2.37. The summed E-state index contributed by atoms with van der Waals surface area (Å²) in [6, 6.07) is 5.64. The van der Waals surface area contributed by atoms with Gasteiger partial charge in [-0.1, -0.05) is 20.8 Å². The van der Waals surface area contributed by atoms with Crippen molar-refractivity contribution in [1.29, 1.82) is 0 Å². The number of nitrogens with zero attached hydrogens (tertiary/aromatic N) is 3. The fourth-order valence-electron chi connectivity index (χ4n) is 4.77. The van der Waals surface area contributed by atoms with Crippen LogP contribution in [0.2, 0.25) is 0 Å². The Balaban J connectivity index is 1.88. The summed E-state index contributed by atoms with van der Waals surface area (Å²) >= 11 is 0. The van der Waals surface area contributed by atoms with E-state index in [4.69, 9.17) is 0 Å². The molecule has 1 fully saturated rings. The minimum absolute atomic E-state index is 0.00209. The van der Waals surface area contributed by atoms with Crippen molar-refractivity contribution in [3.8, 4) is 0 Å². The van der Waals surface area contributed by atoms with Crippen LogP contribution in [-0.4, -0.2) is 60.7 Å². The maximum atomic E-state index is 13.3. The lowest BCUT2D eigenvalue weighted by molar-refractivity contribution is -0.137. The lowest BCUT2D eigenvalue weighted by atomic mass is 9.73. The van der Waals surface area contributed by atoms with Crippen molar-refractivity contribution >= 4 is 23.4 Å². The van der Waals surface area contributed by atoms with Crippen LogP contribution in [0.5, 0.6) is 0 Å². The van der Waals surface area contributed by atoms with Gasteiger partial charge in [-0.2, -0.15) is 0 Å². The first kappa shape index (κ1) is 22.3. The van der Waals surface area contributed by atoms with Crippen molar-refractivity contribution in [3.05, 3.63) is 29.3 Å². The summed E-state index contributed by atoms with van der Waals surface area (Å²) in [6.45, 7) is 12.6. The molecule has 2 aliphatic heterocycles. The van der Waals surface area contributed by atoms with Crippen molar-refractivity contribution in [2.75, 3.05) is 38.1 Å². The molecular formula is C24H35N3O3. The van der Waals surface area contributed by atoms with Gasteiger partial charge in [-0.05, 0) is 55.9 Å². The molecule has 1 aromatic rings. The van der Waals surface area contributed by atoms with Gasteiger partial charge in [0.1, 0.15) is 0 Å². The van der Waals surface area contributed by atoms with E-state index in [0.29, 0.717) is 51.0 Å². The Morgan fingerprint density at radius 2 is 1.70 bits per heavy atom. The Labute approximate surface area is 180 Å². The molecule has 0 saturated carbocycles. The molecule has 3 amide bonds. The third-order valence-corrected chi connectivity index (χ3v) is 6.54. The quantitative estimate of drug-likeness (QED) is 0.760. The summed E-state index contributed by atoms with van der Waals surface area (Å²) in [5, 5.41) is 0. The minimum atomic E-state index is -0.637. The number of hydrogen-bond donors (Lipinski definition) is 0. The highest BCUT2D eigenvalue weighted by Gasteiger charge is 2.51. The van der Waals surface area contributed by atoms with Crippen LogP contribution >= 0.6 is 0 Å². The molecule has 6 heteroatoms. The molecule has 1 saturated heterocycles. The first-order valence-electron chi connectivity index (χ1n) is 11.0. The van der Waals surface area contributed by atoms with E-state index in [1.165, 1.54) is 0 Å². The van der Waals surface area contributed by atoms with Crippen LogP contribution in [0, 0.1) is 5.41 Å². The van der Waals surface area contributed by atoms with Gasteiger partial charge in [0.15, 0.2) is 0 Å². The fourth-order valence-corrected chi connectivity index (χ4v) is 4.77. The van der Waals surface area contributed by atoms with Gasteiger partial charge in [-0.3, -0.25) is 14.4 Å². The standard InChI is InChI=1S/C24H35N3O3/c1-7-26(8-2)21(29)17-9-10-19-18(15-17)24(22(30)25(19)6)11-13-27(14-12-24)20(28)16-23(3,4)5/h9-10,15H,7-8,11-14,16H2,1-6H3. The van der Waals surface area contributed by atoms with E-state index in [2.05, 4.69) is 20.8 Å². The summed E-state index contributed by atoms with van der Waals surface area (Å²) in [4.78, 5) is 44.3. The van der Waals surface area contributed by atoms with Crippen LogP contribution < -0.4 is 4.90 Å². The second-order valence-electron chi connectivity index (χ2n) is 9.77. The van der Waals surface area contributed by atoms with Gasteiger partial charge < -0.3 is 14.7 Å². The van der Waals surface area contributed by atoms with Crippen LogP contribution in [0.1, 0.15) is 69.8 Å². The van der Waals surface area contributed by atoms with Gasteiger partial charge in [-0.25, -0.2) is 0 Å². The first-order valence-corrected chi connectivity index (χ1v) is 11.0. The molecular weight excluding hydrogens is 378 g/mol. The fraction of sp³-hybridized carbons (Fsp3) is 0.625. The zero-order chi connectivity index (χ0) is 22.3. The van der Waals surface area contributed by atoms with E-state index in [9.17, 15) is 14.4 Å². The number of carbonyl (C=O) groups is 3. The van der Waals surface area contributed by atoms with E-state index in [1.54, 1.807) is 16.8 Å². The Kier molecular flexibility index (Phi) is 5.99. The average Bonchev–Trinajstić information content (AvgIpc) is 2.90. The zero-order valence-corrected chi connectivity index (χ0v) is 19.2. The Morgan fingerprint density at radius 1 is 1.10 bits per heavy atom. The third kappa shape index (κ3) is 3.84. The molecule has 2 aliphatic rings. The van der Waals surface area contributed by atoms with E-state index in [1.807, 2.05) is 36.9 Å². The number of benzene rings is 1. The highest BCUT2D eigenvalue weighted by molar-refractivity contribution is 6.09. The minimum Gasteiger partial charge on any atom is -0.343 e. The maximum absolute atomic E-state index is 13.3. The zero-order valence-electron chi connectivity index (χ0n) is 19.2. The number of rotatable bonds is 4. The van der Waals surface area contributed by atoms with Crippen LogP contribution in [0.15, 0.2) is 18.2 Å². The molecule has 2 heterocycles. The molecule has 1 spiro atoms. The molecule has 0 unspecified atom stereocenters. The number of piperidine rings is 1.